The maximum atomic E-state index is 11.3. The molecule has 1 heterocycles. The highest BCUT2D eigenvalue weighted by molar-refractivity contribution is 5.70. The first-order chi connectivity index (χ1) is 12.1. The summed E-state index contributed by atoms with van der Waals surface area (Å²) in [6.45, 7) is 5.15. The highest BCUT2D eigenvalue weighted by Gasteiger charge is 2.06. The van der Waals surface area contributed by atoms with Crippen molar-refractivity contribution in [2.45, 2.75) is 58.7 Å². The van der Waals surface area contributed by atoms with Crippen molar-refractivity contribution in [1.29, 1.82) is 0 Å². The Labute approximate surface area is 150 Å². The van der Waals surface area contributed by atoms with Crippen LogP contribution < -0.4 is 0 Å². The molecule has 1 N–H and O–H groups in total. The summed E-state index contributed by atoms with van der Waals surface area (Å²) >= 11 is 0. The van der Waals surface area contributed by atoms with E-state index < -0.39 is 6.29 Å². The van der Waals surface area contributed by atoms with Gasteiger partial charge >= 0.3 is 5.97 Å². The molecule has 6 nitrogen and oxygen atoms in total. The number of hydrogen-bond acceptors (Lipinski definition) is 6. The number of aliphatic hydroxyl groups excluding tert-OH is 1. The first-order valence-electron chi connectivity index (χ1n) is 9.06. The predicted molar refractivity (Wildman–Crippen MR) is 95.2 cm³/mol. The van der Waals surface area contributed by atoms with Crippen LogP contribution >= 0.6 is 0 Å². The Morgan fingerprint density at radius 3 is 2.76 bits per heavy atom. The van der Waals surface area contributed by atoms with E-state index in [1.54, 1.807) is 0 Å². The van der Waals surface area contributed by atoms with Crippen molar-refractivity contribution < 1.29 is 24.1 Å². The number of pyridine rings is 1. The van der Waals surface area contributed by atoms with E-state index in [1.807, 2.05) is 26.1 Å². The molecule has 0 saturated heterocycles. The molecule has 0 aromatic carbocycles. The molecule has 0 amide bonds. The Morgan fingerprint density at radius 1 is 1.20 bits per heavy atom. The molecule has 0 spiro atoms. The molecule has 0 aliphatic carbocycles. The minimum absolute atomic E-state index is 0.00613. The van der Waals surface area contributed by atoms with Crippen LogP contribution in [0.4, 0.5) is 0 Å². The average molecular weight is 353 g/mol. The van der Waals surface area contributed by atoms with E-state index in [9.17, 15) is 9.90 Å². The molecule has 0 aliphatic heterocycles. The molecule has 1 unspecified atom stereocenters. The van der Waals surface area contributed by atoms with Crippen LogP contribution in [0, 0.1) is 6.92 Å². The first kappa shape index (κ1) is 21.5. The SMILES string of the molecule is CCCOCC(=O)OCCCOC(O)CCCCc1ccc(C)nc1. The van der Waals surface area contributed by atoms with Gasteiger partial charge in [0.2, 0.25) is 0 Å². The zero-order valence-electron chi connectivity index (χ0n) is 15.4. The molecule has 6 heteroatoms. The minimum Gasteiger partial charge on any atom is -0.464 e. The number of nitrogens with zero attached hydrogens (tertiary/aromatic N) is 1. The molecule has 1 aromatic heterocycles. The van der Waals surface area contributed by atoms with Crippen LogP contribution in [0.1, 0.15) is 50.3 Å². The van der Waals surface area contributed by atoms with Gasteiger partial charge in [0.25, 0.3) is 0 Å². The van der Waals surface area contributed by atoms with Gasteiger partial charge in [0.15, 0.2) is 6.29 Å². The van der Waals surface area contributed by atoms with Crippen LogP contribution in [-0.4, -0.2) is 48.8 Å². The highest BCUT2D eigenvalue weighted by atomic mass is 16.6. The van der Waals surface area contributed by atoms with E-state index in [0.29, 0.717) is 26.1 Å². The van der Waals surface area contributed by atoms with E-state index in [0.717, 1.165) is 31.4 Å². The van der Waals surface area contributed by atoms with Crippen molar-refractivity contribution in [3.63, 3.8) is 0 Å². The lowest BCUT2D eigenvalue weighted by Crippen LogP contribution is -2.17. The fraction of sp³-hybridized carbons (Fsp3) is 0.684. The Kier molecular flexibility index (Phi) is 11.9. The first-order valence-corrected chi connectivity index (χ1v) is 9.06. The second-order valence-corrected chi connectivity index (χ2v) is 6.01. The molecule has 0 aliphatic rings. The largest absolute Gasteiger partial charge is 0.464 e. The van der Waals surface area contributed by atoms with Gasteiger partial charge in [-0.25, -0.2) is 4.79 Å². The quantitative estimate of drug-likeness (QED) is 0.315. The van der Waals surface area contributed by atoms with Gasteiger partial charge in [-0.1, -0.05) is 13.0 Å². The lowest BCUT2D eigenvalue weighted by atomic mass is 10.1. The summed E-state index contributed by atoms with van der Waals surface area (Å²) in [6, 6.07) is 4.10. The minimum atomic E-state index is -0.764. The summed E-state index contributed by atoms with van der Waals surface area (Å²) in [4.78, 5) is 15.5. The van der Waals surface area contributed by atoms with Crippen molar-refractivity contribution in [3.05, 3.63) is 29.6 Å². The molecule has 1 atom stereocenters. The van der Waals surface area contributed by atoms with Crippen LogP contribution in [-0.2, 0) is 25.4 Å². The third-order valence-electron chi connectivity index (χ3n) is 3.57. The number of aryl methyl sites for hydroxylation is 2. The summed E-state index contributed by atoms with van der Waals surface area (Å²) in [5, 5.41) is 9.77. The summed E-state index contributed by atoms with van der Waals surface area (Å²) in [5.74, 6) is -0.361. The Morgan fingerprint density at radius 2 is 2.04 bits per heavy atom. The second kappa shape index (κ2) is 13.8. The number of rotatable bonds is 14. The van der Waals surface area contributed by atoms with Gasteiger partial charge in [0, 0.05) is 24.9 Å². The summed E-state index contributed by atoms with van der Waals surface area (Å²) in [6.07, 6.45) is 6.00. The Balaban J connectivity index is 1.94. The zero-order valence-corrected chi connectivity index (χ0v) is 15.4. The lowest BCUT2D eigenvalue weighted by Gasteiger charge is -2.12. The van der Waals surface area contributed by atoms with Crippen molar-refractivity contribution in [2.24, 2.45) is 0 Å². The molecular formula is C19H31NO5. The van der Waals surface area contributed by atoms with Crippen molar-refractivity contribution in [1.82, 2.24) is 4.98 Å². The molecule has 0 radical (unpaired) electrons. The van der Waals surface area contributed by atoms with Crippen LogP contribution in [0.3, 0.4) is 0 Å². The number of aromatic nitrogens is 1. The topological polar surface area (TPSA) is 77.9 Å². The molecule has 1 rings (SSSR count). The smallest absolute Gasteiger partial charge is 0.332 e. The van der Waals surface area contributed by atoms with Crippen molar-refractivity contribution >= 4 is 5.97 Å². The van der Waals surface area contributed by atoms with Gasteiger partial charge in [-0.2, -0.15) is 0 Å². The molecule has 142 valence electrons. The van der Waals surface area contributed by atoms with Crippen LogP contribution in [0.25, 0.3) is 0 Å². The van der Waals surface area contributed by atoms with Gasteiger partial charge in [0.1, 0.15) is 6.61 Å². The van der Waals surface area contributed by atoms with Gasteiger partial charge in [-0.15, -0.1) is 0 Å². The van der Waals surface area contributed by atoms with Crippen molar-refractivity contribution in [2.75, 3.05) is 26.4 Å². The standard InChI is InChI=1S/C19H31NO5/c1-3-11-23-15-19(22)25-13-6-12-24-18(21)8-5-4-7-17-10-9-16(2)20-14-17/h9-10,14,18,21H,3-8,11-13,15H2,1-2H3. The van der Waals surface area contributed by atoms with Gasteiger partial charge in [0.05, 0.1) is 13.2 Å². The Hall–Kier alpha value is -1.50. The highest BCUT2D eigenvalue weighted by Crippen LogP contribution is 2.08. The van der Waals surface area contributed by atoms with E-state index in [4.69, 9.17) is 14.2 Å². The van der Waals surface area contributed by atoms with E-state index in [-0.39, 0.29) is 19.2 Å². The van der Waals surface area contributed by atoms with Gasteiger partial charge < -0.3 is 19.3 Å². The van der Waals surface area contributed by atoms with Crippen molar-refractivity contribution in [3.8, 4) is 0 Å². The van der Waals surface area contributed by atoms with Crippen LogP contribution in [0.15, 0.2) is 18.3 Å². The number of carbonyl (C=O) groups excluding carboxylic acids is 1. The summed E-state index contributed by atoms with van der Waals surface area (Å²) in [5.41, 5.74) is 2.23. The average Bonchev–Trinajstić information content (AvgIpc) is 2.60. The molecule has 0 saturated carbocycles. The number of aliphatic hydroxyl groups is 1. The van der Waals surface area contributed by atoms with Gasteiger partial charge in [-0.3, -0.25) is 4.98 Å². The third-order valence-corrected chi connectivity index (χ3v) is 3.57. The van der Waals surface area contributed by atoms with Crippen LogP contribution in [0.5, 0.6) is 0 Å². The number of ether oxygens (including phenoxy) is 3. The van der Waals surface area contributed by atoms with E-state index in [1.165, 1.54) is 5.56 Å². The second-order valence-electron chi connectivity index (χ2n) is 6.01. The monoisotopic (exact) mass is 353 g/mol. The van der Waals surface area contributed by atoms with E-state index >= 15 is 0 Å². The normalized spacial score (nSPS) is 12.1. The fourth-order valence-corrected chi connectivity index (χ4v) is 2.18. The summed E-state index contributed by atoms with van der Waals surface area (Å²) in [7, 11) is 0. The van der Waals surface area contributed by atoms with Gasteiger partial charge in [-0.05, 0) is 50.7 Å². The molecule has 1 aromatic rings. The predicted octanol–water partition coefficient (Wildman–Crippen LogP) is 2.80. The summed E-state index contributed by atoms with van der Waals surface area (Å²) < 4.78 is 15.4. The lowest BCUT2D eigenvalue weighted by molar-refractivity contribution is -0.150. The van der Waals surface area contributed by atoms with Crippen LogP contribution in [0.2, 0.25) is 0 Å². The Bertz CT molecular complexity index is 463. The fourth-order valence-electron chi connectivity index (χ4n) is 2.18. The third kappa shape index (κ3) is 11.6. The maximum absolute atomic E-state index is 11.3. The zero-order chi connectivity index (χ0) is 18.3. The molecule has 25 heavy (non-hydrogen) atoms. The number of carbonyl (C=O) groups is 1. The maximum Gasteiger partial charge on any atom is 0.332 e. The van der Waals surface area contributed by atoms with E-state index in [2.05, 4.69) is 11.1 Å². The number of hydrogen-bond donors (Lipinski definition) is 1. The molecule has 0 fully saturated rings. The number of esters is 1. The molecular weight excluding hydrogens is 322 g/mol. The molecule has 0 bridgehead atoms. The number of unbranched alkanes of at least 4 members (excludes halogenated alkanes) is 1.